The fourth-order valence-corrected chi connectivity index (χ4v) is 2.65. The predicted molar refractivity (Wildman–Crippen MR) is 79.0 cm³/mol. The third-order valence-electron chi connectivity index (χ3n) is 3.77. The summed E-state index contributed by atoms with van der Waals surface area (Å²) >= 11 is 0. The van der Waals surface area contributed by atoms with Crippen LogP contribution in [0.3, 0.4) is 0 Å². The lowest BCUT2D eigenvalue weighted by atomic mass is 9.76. The molecule has 3 rings (SSSR count). The van der Waals surface area contributed by atoms with Gasteiger partial charge in [0, 0.05) is 0 Å². The maximum absolute atomic E-state index is 10.8. The van der Waals surface area contributed by atoms with Gasteiger partial charge in [-0.3, -0.25) is 0 Å². The molecular formula is C16H17ClO. The summed E-state index contributed by atoms with van der Waals surface area (Å²) in [5.74, 6) is 0.165. The molecule has 2 heteroatoms. The molecule has 1 aliphatic rings. The molecule has 0 saturated carbocycles. The summed E-state index contributed by atoms with van der Waals surface area (Å²) in [6, 6.07) is 12.4. The van der Waals surface area contributed by atoms with E-state index in [2.05, 4.69) is 38.1 Å². The number of aliphatic hydroxyl groups is 1. The Labute approximate surface area is 114 Å². The highest BCUT2D eigenvalue weighted by atomic mass is 35.5. The monoisotopic (exact) mass is 260 g/mol. The first kappa shape index (κ1) is 13.1. The molecule has 1 nitrogen and oxygen atoms in total. The largest absolute Gasteiger partial charge is 0.381 e. The SMILES string of the molecule is CC(C)C1(O)C=Cc2cccc3cccc1c23.Cl. The second kappa shape index (κ2) is 4.42. The van der Waals surface area contributed by atoms with Gasteiger partial charge in [-0.2, -0.15) is 0 Å². The number of halogens is 1. The van der Waals surface area contributed by atoms with E-state index in [0.717, 1.165) is 5.56 Å². The maximum Gasteiger partial charge on any atom is 0.111 e. The second-order valence-corrected chi connectivity index (χ2v) is 5.06. The van der Waals surface area contributed by atoms with Crippen LogP contribution >= 0.6 is 12.4 Å². The Bertz CT molecular complexity index is 610. The molecule has 1 N–H and O–H groups in total. The number of hydrogen-bond donors (Lipinski definition) is 1. The first-order valence-electron chi connectivity index (χ1n) is 6.07. The summed E-state index contributed by atoms with van der Waals surface area (Å²) in [7, 11) is 0. The number of rotatable bonds is 1. The van der Waals surface area contributed by atoms with Crippen LogP contribution in [0.15, 0.2) is 42.5 Å². The Morgan fingerprint density at radius 3 is 2.39 bits per heavy atom. The fourth-order valence-electron chi connectivity index (χ4n) is 2.65. The van der Waals surface area contributed by atoms with Crippen LogP contribution < -0.4 is 0 Å². The Kier molecular flexibility index (Phi) is 3.22. The van der Waals surface area contributed by atoms with E-state index in [9.17, 15) is 5.11 Å². The highest BCUT2D eigenvalue weighted by Crippen LogP contribution is 2.41. The Morgan fingerprint density at radius 1 is 1.06 bits per heavy atom. The normalized spacial score (nSPS) is 21.1. The van der Waals surface area contributed by atoms with E-state index < -0.39 is 5.60 Å². The van der Waals surface area contributed by atoms with Crippen molar-refractivity contribution in [1.82, 2.24) is 0 Å². The molecular weight excluding hydrogens is 244 g/mol. The van der Waals surface area contributed by atoms with Gasteiger partial charge in [0.25, 0.3) is 0 Å². The van der Waals surface area contributed by atoms with E-state index in [1.54, 1.807) is 0 Å². The summed E-state index contributed by atoms with van der Waals surface area (Å²) in [6.07, 6.45) is 3.96. The van der Waals surface area contributed by atoms with Gasteiger partial charge >= 0.3 is 0 Å². The van der Waals surface area contributed by atoms with Gasteiger partial charge in [-0.25, -0.2) is 0 Å². The smallest absolute Gasteiger partial charge is 0.111 e. The zero-order chi connectivity index (χ0) is 12.0. The molecule has 1 aliphatic carbocycles. The number of benzene rings is 2. The Hall–Kier alpha value is -1.31. The first-order chi connectivity index (χ1) is 8.13. The van der Waals surface area contributed by atoms with Crippen molar-refractivity contribution >= 4 is 29.3 Å². The Morgan fingerprint density at radius 2 is 1.72 bits per heavy atom. The highest BCUT2D eigenvalue weighted by Gasteiger charge is 2.34. The van der Waals surface area contributed by atoms with E-state index in [4.69, 9.17) is 0 Å². The van der Waals surface area contributed by atoms with Crippen molar-refractivity contribution in [2.75, 3.05) is 0 Å². The summed E-state index contributed by atoms with van der Waals surface area (Å²) in [5, 5.41) is 13.2. The molecule has 2 aromatic carbocycles. The summed E-state index contributed by atoms with van der Waals surface area (Å²) in [5.41, 5.74) is 1.39. The van der Waals surface area contributed by atoms with E-state index >= 15 is 0 Å². The van der Waals surface area contributed by atoms with Crippen LogP contribution in [0.25, 0.3) is 16.8 Å². The molecule has 2 aromatic rings. The minimum atomic E-state index is -0.839. The minimum Gasteiger partial charge on any atom is -0.381 e. The van der Waals surface area contributed by atoms with Gasteiger partial charge in [0.15, 0.2) is 0 Å². The van der Waals surface area contributed by atoms with E-state index in [0.29, 0.717) is 0 Å². The van der Waals surface area contributed by atoms with Crippen molar-refractivity contribution in [3.63, 3.8) is 0 Å². The third-order valence-corrected chi connectivity index (χ3v) is 3.77. The van der Waals surface area contributed by atoms with Gasteiger partial charge in [-0.15, -0.1) is 12.4 Å². The Balaban J connectivity index is 0.00000120. The third kappa shape index (κ3) is 1.66. The molecule has 0 aliphatic heterocycles. The summed E-state index contributed by atoms with van der Waals surface area (Å²) in [4.78, 5) is 0. The molecule has 1 unspecified atom stereocenters. The summed E-state index contributed by atoms with van der Waals surface area (Å²) in [6.45, 7) is 4.11. The topological polar surface area (TPSA) is 20.2 Å². The van der Waals surface area contributed by atoms with Crippen LogP contribution in [0.4, 0.5) is 0 Å². The van der Waals surface area contributed by atoms with Crippen molar-refractivity contribution < 1.29 is 5.11 Å². The van der Waals surface area contributed by atoms with Crippen LogP contribution in [0, 0.1) is 5.92 Å². The second-order valence-electron chi connectivity index (χ2n) is 5.06. The van der Waals surface area contributed by atoms with Gasteiger partial charge in [-0.05, 0) is 33.9 Å². The first-order valence-corrected chi connectivity index (χ1v) is 6.07. The van der Waals surface area contributed by atoms with Gasteiger partial charge < -0.3 is 5.11 Å². The van der Waals surface area contributed by atoms with Crippen LogP contribution in [-0.2, 0) is 5.60 Å². The fraction of sp³-hybridized carbons (Fsp3) is 0.250. The van der Waals surface area contributed by atoms with Crippen LogP contribution in [0.1, 0.15) is 25.0 Å². The van der Waals surface area contributed by atoms with E-state index in [1.165, 1.54) is 16.3 Å². The van der Waals surface area contributed by atoms with Gasteiger partial charge in [0.2, 0.25) is 0 Å². The average Bonchev–Trinajstić information content (AvgIpc) is 2.34. The lowest BCUT2D eigenvalue weighted by molar-refractivity contribution is 0.0417. The highest BCUT2D eigenvalue weighted by molar-refractivity contribution is 5.96. The lowest BCUT2D eigenvalue weighted by Gasteiger charge is -2.33. The molecule has 94 valence electrons. The molecule has 0 bridgehead atoms. The van der Waals surface area contributed by atoms with Crippen LogP contribution in [-0.4, -0.2) is 5.11 Å². The maximum atomic E-state index is 10.8. The summed E-state index contributed by atoms with van der Waals surface area (Å²) < 4.78 is 0. The average molecular weight is 261 g/mol. The molecule has 0 amide bonds. The van der Waals surface area contributed by atoms with E-state index in [1.807, 2.05) is 24.3 Å². The zero-order valence-electron chi connectivity index (χ0n) is 10.6. The molecule has 1 atom stereocenters. The van der Waals surface area contributed by atoms with Crippen molar-refractivity contribution in [3.8, 4) is 0 Å². The van der Waals surface area contributed by atoms with Crippen molar-refractivity contribution in [2.45, 2.75) is 19.4 Å². The van der Waals surface area contributed by atoms with Crippen molar-refractivity contribution in [2.24, 2.45) is 5.92 Å². The molecule has 0 fully saturated rings. The number of hydrogen-bond acceptors (Lipinski definition) is 1. The predicted octanol–water partition coefficient (Wildman–Crippen LogP) is 4.13. The van der Waals surface area contributed by atoms with Crippen molar-refractivity contribution in [1.29, 1.82) is 0 Å². The van der Waals surface area contributed by atoms with Crippen LogP contribution in [0.2, 0.25) is 0 Å². The lowest BCUT2D eigenvalue weighted by Crippen LogP contribution is -2.31. The minimum absolute atomic E-state index is 0. The molecule has 0 aromatic heterocycles. The molecule has 0 saturated heterocycles. The molecule has 18 heavy (non-hydrogen) atoms. The molecule has 0 heterocycles. The molecule has 0 spiro atoms. The van der Waals surface area contributed by atoms with Gasteiger partial charge in [0.05, 0.1) is 0 Å². The zero-order valence-corrected chi connectivity index (χ0v) is 11.4. The van der Waals surface area contributed by atoms with Gasteiger partial charge in [-0.1, -0.05) is 56.3 Å². The van der Waals surface area contributed by atoms with Crippen molar-refractivity contribution in [3.05, 3.63) is 53.6 Å². The van der Waals surface area contributed by atoms with Gasteiger partial charge in [0.1, 0.15) is 5.60 Å². The quantitative estimate of drug-likeness (QED) is 0.817. The van der Waals surface area contributed by atoms with Crippen LogP contribution in [0.5, 0.6) is 0 Å². The molecule has 0 radical (unpaired) electrons. The standard InChI is InChI=1S/C16H16O.ClH/c1-11(2)16(17)10-9-13-6-3-5-12-7-4-8-14(16)15(12)13;/h3-11,17H,1-2H3;1H. The van der Waals surface area contributed by atoms with E-state index in [-0.39, 0.29) is 18.3 Å².